The molecule has 0 radical (unpaired) electrons. The van der Waals surface area contributed by atoms with E-state index in [-0.39, 0.29) is 19.0 Å². The zero-order valence-corrected chi connectivity index (χ0v) is 25.3. The number of phosphoric acid groups is 1. The first kappa shape index (κ1) is 33.8. The molecule has 222 valence electrons. The Morgan fingerprint density at radius 1 is 0.923 bits per heavy atom. The van der Waals surface area contributed by atoms with Gasteiger partial charge in [0.2, 0.25) is 5.51 Å². The normalized spacial score (nSPS) is 13.8. The lowest BCUT2D eigenvalue weighted by Gasteiger charge is -2.18. The summed E-state index contributed by atoms with van der Waals surface area (Å²) in [6.45, 7) is 5.61. The van der Waals surface area contributed by atoms with Gasteiger partial charge >= 0.3 is 7.82 Å². The van der Waals surface area contributed by atoms with E-state index >= 15 is 0 Å². The molecule has 2 unspecified atom stereocenters. The average molecular weight is 589 g/mol. The van der Waals surface area contributed by atoms with Crippen molar-refractivity contribution in [1.82, 2.24) is 0 Å². The van der Waals surface area contributed by atoms with Crippen molar-refractivity contribution in [2.24, 2.45) is 0 Å². The number of unbranched alkanes of at least 4 members (excludes halogenated alkanes) is 7. The van der Waals surface area contributed by atoms with E-state index in [2.05, 4.69) is 6.92 Å². The Bertz CT molecular complexity index is 901. The molecule has 0 aliphatic heterocycles. The first-order chi connectivity index (χ1) is 19.0. The highest BCUT2D eigenvalue weighted by Crippen LogP contribution is 2.44. The number of nitrogens with zero attached hydrogens (tertiary/aromatic N) is 1. The van der Waals surface area contributed by atoms with Crippen LogP contribution in [0.1, 0.15) is 63.9 Å². The highest BCUT2D eigenvalue weighted by molar-refractivity contribution is 7.47. The van der Waals surface area contributed by atoms with E-state index in [4.69, 9.17) is 28.0 Å². The van der Waals surface area contributed by atoms with Gasteiger partial charge in [0.1, 0.15) is 11.9 Å². The van der Waals surface area contributed by atoms with Crippen LogP contribution >= 0.6 is 19.2 Å². The summed E-state index contributed by atoms with van der Waals surface area (Å²) in [5.74, 6) is 0.262. The largest absolute Gasteiger partial charge is 0.527 e. The molecular formula is C28H47NO8PS+. The minimum absolute atomic E-state index is 0.151. The van der Waals surface area contributed by atoms with Crippen molar-refractivity contribution in [3.8, 4) is 5.75 Å². The fourth-order valence-electron chi connectivity index (χ4n) is 3.78. The minimum atomic E-state index is -4.33. The van der Waals surface area contributed by atoms with E-state index in [1.54, 1.807) is 29.5 Å². The predicted molar refractivity (Wildman–Crippen MR) is 152 cm³/mol. The molecule has 9 nitrogen and oxygen atoms in total. The molecule has 1 heterocycles. The van der Waals surface area contributed by atoms with Gasteiger partial charge in [-0.1, -0.05) is 75.3 Å². The smallest absolute Gasteiger partial charge is 0.404 e. The zero-order chi connectivity index (χ0) is 28.0. The second-order valence-electron chi connectivity index (χ2n) is 9.33. The molecular weight excluding hydrogens is 541 g/mol. The summed E-state index contributed by atoms with van der Waals surface area (Å²) >= 11 is 1.59. The first-order valence-electron chi connectivity index (χ1n) is 14.0. The highest BCUT2D eigenvalue weighted by atomic mass is 32.1. The molecule has 39 heavy (non-hydrogen) atoms. The molecule has 1 N–H and O–H groups in total. The summed E-state index contributed by atoms with van der Waals surface area (Å²) in [4.78, 5) is 10.2. The van der Waals surface area contributed by atoms with Crippen molar-refractivity contribution in [3.63, 3.8) is 0 Å². The topological polar surface area (TPSA) is 96.6 Å². The third-order valence-electron chi connectivity index (χ3n) is 5.96. The Morgan fingerprint density at radius 2 is 1.62 bits per heavy atom. The average Bonchev–Trinajstić information content (AvgIpc) is 3.43. The number of hydrogen-bond acceptors (Lipinski definition) is 8. The molecule has 1 aromatic carbocycles. The molecule has 1 aromatic heterocycles. The number of phosphoric ester groups is 1. The molecule has 0 amide bonds. The number of thiazole rings is 1. The number of methoxy groups -OCH3 is 1. The van der Waals surface area contributed by atoms with Crippen LogP contribution in [0.15, 0.2) is 41.4 Å². The Hall–Kier alpha value is -1.36. The van der Waals surface area contributed by atoms with Gasteiger partial charge in [0, 0.05) is 19.3 Å². The highest BCUT2D eigenvalue weighted by Gasteiger charge is 2.25. The lowest BCUT2D eigenvalue weighted by Crippen LogP contribution is -2.30. The fourth-order valence-corrected chi connectivity index (χ4v) is 5.16. The molecule has 0 spiro atoms. The number of benzene rings is 1. The summed E-state index contributed by atoms with van der Waals surface area (Å²) < 4.78 is 46.8. The first-order valence-corrected chi connectivity index (χ1v) is 16.4. The summed E-state index contributed by atoms with van der Waals surface area (Å²) in [6.07, 6.45) is 11.8. The number of aromatic nitrogens is 1. The van der Waals surface area contributed by atoms with Crippen molar-refractivity contribution in [2.75, 3.05) is 53.4 Å². The van der Waals surface area contributed by atoms with E-state index in [0.29, 0.717) is 33.0 Å². The third kappa shape index (κ3) is 17.1. The number of hydrogen-bond donors (Lipinski definition) is 1. The Labute approximate surface area is 238 Å². The maximum Gasteiger partial charge on any atom is 0.527 e. The molecule has 0 saturated heterocycles. The van der Waals surface area contributed by atoms with Crippen molar-refractivity contribution in [3.05, 3.63) is 46.9 Å². The van der Waals surface area contributed by atoms with Crippen LogP contribution in [0, 0.1) is 0 Å². The number of ether oxygens (including phenoxy) is 4. The van der Waals surface area contributed by atoms with Crippen LogP contribution in [0.2, 0.25) is 0 Å². The fraction of sp³-hybridized carbons (Fsp3) is 0.679. The molecule has 2 aromatic rings. The molecule has 2 rings (SSSR count). The van der Waals surface area contributed by atoms with Crippen molar-refractivity contribution in [1.29, 1.82) is 0 Å². The van der Waals surface area contributed by atoms with Gasteiger partial charge in [-0.05, 0) is 18.6 Å². The van der Waals surface area contributed by atoms with Gasteiger partial charge in [-0.15, -0.1) is 0 Å². The van der Waals surface area contributed by atoms with Crippen molar-refractivity contribution < 1.29 is 42.0 Å². The second-order valence-corrected chi connectivity index (χ2v) is 11.5. The Morgan fingerprint density at radius 3 is 2.31 bits per heavy atom. The van der Waals surface area contributed by atoms with Gasteiger partial charge in [0.05, 0.1) is 45.0 Å². The van der Waals surface area contributed by atoms with Gasteiger partial charge in [0.15, 0.2) is 12.7 Å². The maximum absolute atomic E-state index is 12.4. The quantitative estimate of drug-likeness (QED) is 0.0885. The summed E-state index contributed by atoms with van der Waals surface area (Å²) in [6, 6.07) is 7.03. The SMILES string of the molecule is CCCCCCCCCCOCCOCCOCC(COP(=O)(O)Oc1cccc(C[n+]2ccsc2)c1)OC. The van der Waals surface area contributed by atoms with Crippen LogP contribution < -0.4 is 9.09 Å². The number of rotatable bonds is 25. The summed E-state index contributed by atoms with van der Waals surface area (Å²) in [5.41, 5.74) is 2.93. The van der Waals surface area contributed by atoms with Crippen molar-refractivity contribution in [2.45, 2.75) is 70.9 Å². The maximum atomic E-state index is 12.4. The monoisotopic (exact) mass is 588 g/mol. The second kappa shape index (κ2) is 21.4. The van der Waals surface area contributed by atoms with Crippen molar-refractivity contribution >= 4 is 19.2 Å². The van der Waals surface area contributed by atoms with E-state index in [1.807, 2.05) is 27.7 Å². The lowest BCUT2D eigenvalue weighted by atomic mass is 10.1. The lowest BCUT2D eigenvalue weighted by molar-refractivity contribution is -0.683. The van der Waals surface area contributed by atoms with Crippen LogP contribution in [-0.2, 0) is 34.6 Å². The van der Waals surface area contributed by atoms with Gasteiger partial charge in [-0.2, -0.15) is 4.57 Å². The Kier molecular flexibility index (Phi) is 18.6. The van der Waals surface area contributed by atoms with E-state index < -0.39 is 13.9 Å². The van der Waals surface area contributed by atoms with Crippen LogP contribution in [0.3, 0.4) is 0 Å². The van der Waals surface area contributed by atoms with Crippen LogP contribution in [0.25, 0.3) is 0 Å². The standard InChI is InChI=1S/C28H46NO8PS/c1-3-4-5-6-7-8-9-10-15-33-16-17-34-18-19-35-23-28(32-2)24-36-38(30,31)37-27-13-11-12-26(21-27)22-29-14-20-39-25-29/h11-14,20-21,25,28H,3-10,15-19,22-24H2,1-2H3/p+1. The molecule has 2 atom stereocenters. The minimum Gasteiger partial charge on any atom is -0.404 e. The van der Waals surface area contributed by atoms with E-state index in [9.17, 15) is 9.46 Å². The summed E-state index contributed by atoms with van der Waals surface area (Å²) in [5, 5.41) is 1.98. The molecule has 11 heteroatoms. The van der Waals surface area contributed by atoms with Gasteiger partial charge in [-0.25, -0.2) is 4.57 Å². The third-order valence-corrected chi connectivity index (χ3v) is 7.55. The van der Waals surface area contributed by atoms with Gasteiger partial charge in [0.25, 0.3) is 0 Å². The molecule has 0 saturated carbocycles. The van der Waals surface area contributed by atoms with Crippen LogP contribution in [-0.4, -0.2) is 64.4 Å². The zero-order valence-electron chi connectivity index (χ0n) is 23.5. The molecule has 0 aliphatic rings. The predicted octanol–water partition coefficient (Wildman–Crippen LogP) is 5.79. The molecule has 0 aliphatic carbocycles. The summed E-state index contributed by atoms with van der Waals surface area (Å²) in [7, 11) is -2.83. The Balaban J connectivity index is 1.48. The molecule has 0 bridgehead atoms. The van der Waals surface area contributed by atoms with Crippen LogP contribution in [0.5, 0.6) is 5.75 Å². The van der Waals surface area contributed by atoms with E-state index in [1.165, 1.54) is 52.1 Å². The molecule has 0 fully saturated rings. The van der Waals surface area contributed by atoms with Crippen LogP contribution in [0.4, 0.5) is 0 Å². The van der Waals surface area contributed by atoms with Gasteiger partial charge in [-0.3, -0.25) is 9.42 Å². The van der Waals surface area contributed by atoms with Gasteiger partial charge < -0.3 is 23.5 Å². The van der Waals surface area contributed by atoms with E-state index in [0.717, 1.165) is 18.6 Å².